The molecule has 1 heterocycles. The van der Waals surface area contributed by atoms with E-state index in [9.17, 15) is 17.6 Å². The van der Waals surface area contributed by atoms with E-state index in [4.69, 9.17) is 23.2 Å². The summed E-state index contributed by atoms with van der Waals surface area (Å²) in [5, 5.41) is -0.596. The van der Waals surface area contributed by atoms with Gasteiger partial charge in [0.2, 0.25) is 0 Å². The Morgan fingerprint density at radius 2 is 2.00 bits per heavy atom. The zero-order chi connectivity index (χ0) is 15.8. The Bertz CT molecular complexity index is 650. The number of benzene rings is 1. The molecule has 0 bridgehead atoms. The fourth-order valence-corrected chi connectivity index (χ4v) is 2.44. The second-order valence-corrected chi connectivity index (χ2v) is 5.77. The third-order valence-electron chi connectivity index (χ3n) is 3.02. The Labute approximate surface area is 128 Å². The van der Waals surface area contributed by atoms with Crippen LogP contribution < -0.4 is 0 Å². The third-order valence-corrected chi connectivity index (χ3v) is 3.50. The summed E-state index contributed by atoms with van der Waals surface area (Å²) in [6.45, 7) is 1.71. The Hall–Kier alpha value is -1.01. The number of nitrogens with zero attached hydrogens (tertiary/aromatic N) is 2. The highest BCUT2D eigenvalue weighted by atomic mass is 35.5. The molecule has 0 fully saturated rings. The summed E-state index contributed by atoms with van der Waals surface area (Å²) >= 11 is 11.7. The van der Waals surface area contributed by atoms with Crippen molar-refractivity contribution in [2.45, 2.75) is 37.9 Å². The van der Waals surface area contributed by atoms with Crippen LogP contribution >= 0.6 is 23.2 Å². The van der Waals surface area contributed by atoms with Gasteiger partial charge in [-0.15, -0.1) is 11.6 Å². The van der Waals surface area contributed by atoms with Crippen LogP contribution in [0.2, 0.25) is 5.02 Å². The monoisotopic (exact) mass is 342 g/mol. The Balaban J connectivity index is 2.39. The van der Waals surface area contributed by atoms with Crippen molar-refractivity contribution in [2.24, 2.45) is 0 Å². The molecule has 0 radical (unpaired) electrons. The Morgan fingerprint density at radius 3 is 2.57 bits per heavy atom. The molecule has 0 N–H and O–H groups in total. The van der Waals surface area contributed by atoms with Crippen LogP contribution in [0.5, 0.6) is 0 Å². The minimum atomic E-state index is -4.22. The molecule has 0 aliphatic rings. The summed E-state index contributed by atoms with van der Waals surface area (Å²) in [5.41, 5.74) is 0.803. The maximum atomic E-state index is 13.6. The van der Waals surface area contributed by atoms with Gasteiger partial charge in [0.1, 0.15) is 11.6 Å². The highest BCUT2D eigenvalue weighted by molar-refractivity contribution is 6.31. The van der Waals surface area contributed by atoms with Crippen molar-refractivity contribution in [3.8, 4) is 0 Å². The van der Waals surface area contributed by atoms with Gasteiger partial charge in [-0.2, -0.15) is 13.2 Å². The summed E-state index contributed by atoms with van der Waals surface area (Å²) in [7, 11) is 0. The lowest BCUT2D eigenvalue weighted by atomic mass is 10.2. The van der Waals surface area contributed by atoms with Gasteiger partial charge in [-0.05, 0) is 19.4 Å². The lowest BCUT2D eigenvalue weighted by molar-refractivity contribution is -0.135. The molecule has 0 saturated heterocycles. The highest BCUT2D eigenvalue weighted by Crippen LogP contribution is 2.29. The van der Waals surface area contributed by atoms with Gasteiger partial charge in [-0.25, -0.2) is 9.37 Å². The summed E-state index contributed by atoms with van der Waals surface area (Å²) < 4.78 is 51.8. The molecule has 1 aromatic carbocycles. The molecular weight excluding hydrogens is 331 g/mol. The Morgan fingerprint density at radius 1 is 1.33 bits per heavy atom. The second kappa shape index (κ2) is 6.01. The lowest BCUT2D eigenvalue weighted by Gasteiger charge is -2.11. The van der Waals surface area contributed by atoms with E-state index < -0.39 is 23.8 Å². The molecule has 2 nitrogen and oxygen atoms in total. The fourth-order valence-electron chi connectivity index (χ4n) is 2.12. The summed E-state index contributed by atoms with van der Waals surface area (Å²) in [6, 6.07) is 2.51. The number of alkyl halides is 4. The minimum absolute atomic E-state index is 0.0590. The molecule has 1 unspecified atom stereocenters. The number of aromatic nitrogens is 2. The Kier molecular flexibility index (Phi) is 4.68. The van der Waals surface area contributed by atoms with Gasteiger partial charge in [-0.3, -0.25) is 0 Å². The molecular formula is C13H12Cl2F4N2. The van der Waals surface area contributed by atoms with Gasteiger partial charge in [0.25, 0.3) is 0 Å². The predicted molar refractivity (Wildman–Crippen MR) is 74.3 cm³/mol. The van der Waals surface area contributed by atoms with E-state index in [1.54, 1.807) is 6.92 Å². The lowest BCUT2D eigenvalue weighted by Crippen LogP contribution is -2.11. The van der Waals surface area contributed by atoms with Gasteiger partial charge in [0.15, 0.2) is 0 Å². The molecule has 0 saturated carbocycles. The molecule has 2 rings (SSSR count). The van der Waals surface area contributed by atoms with E-state index in [1.165, 1.54) is 16.7 Å². The molecule has 2 aromatic rings. The van der Waals surface area contributed by atoms with Gasteiger partial charge >= 0.3 is 6.18 Å². The van der Waals surface area contributed by atoms with E-state index in [2.05, 4.69) is 4.98 Å². The van der Waals surface area contributed by atoms with Crippen LogP contribution in [0.4, 0.5) is 17.6 Å². The van der Waals surface area contributed by atoms with Gasteiger partial charge in [0, 0.05) is 19.0 Å². The number of imidazole rings is 1. The molecule has 8 heteroatoms. The van der Waals surface area contributed by atoms with Gasteiger partial charge in [-0.1, -0.05) is 11.6 Å². The van der Waals surface area contributed by atoms with Crippen LogP contribution in [0.3, 0.4) is 0 Å². The van der Waals surface area contributed by atoms with Gasteiger partial charge < -0.3 is 4.57 Å². The van der Waals surface area contributed by atoms with Crippen molar-refractivity contribution in [1.82, 2.24) is 9.55 Å². The van der Waals surface area contributed by atoms with Crippen LogP contribution in [0.15, 0.2) is 12.1 Å². The van der Waals surface area contributed by atoms with E-state index in [-0.39, 0.29) is 18.0 Å². The highest BCUT2D eigenvalue weighted by Gasteiger charge is 2.26. The SMILES string of the molecule is CC(Cl)c1nc2cc(Cl)c(F)cc2n1CCCC(F)(F)F. The average molecular weight is 343 g/mol. The smallest absolute Gasteiger partial charge is 0.327 e. The number of aryl methyl sites for hydroxylation is 1. The number of hydrogen-bond donors (Lipinski definition) is 0. The molecule has 1 atom stereocenters. The molecule has 116 valence electrons. The molecule has 0 amide bonds. The first-order valence-corrected chi connectivity index (χ1v) is 7.06. The van der Waals surface area contributed by atoms with E-state index in [0.29, 0.717) is 16.9 Å². The van der Waals surface area contributed by atoms with Crippen molar-refractivity contribution in [1.29, 1.82) is 0 Å². The van der Waals surface area contributed by atoms with E-state index in [0.717, 1.165) is 0 Å². The van der Waals surface area contributed by atoms with Crippen LogP contribution in [0, 0.1) is 5.82 Å². The maximum absolute atomic E-state index is 13.6. The minimum Gasteiger partial charge on any atom is -0.327 e. The van der Waals surface area contributed by atoms with Crippen LogP contribution in [0.25, 0.3) is 11.0 Å². The second-order valence-electron chi connectivity index (χ2n) is 4.71. The fraction of sp³-hybridized carbons (Fsp3) is 0.462. The van der Waals surface area contributed by atoms with Crippen molar-refractivity contribution in [3.63, 3.8) is 0 Å². The largest absolute Gasteiger partial charge is 0.389 e. The van der Waals surface area contributed by atoms with E-state index in [1.807, 2.05) is 0 Å². The first-order chi connectivity index (χ1) is 9.69. The average Bonchev–Trinajstić information content (AvgIpc) is 2.67. The topological polar surface area (TPSA) is 17.8 Å². The summed E-state index contributed by atoms with van der Waals surface area (Å²) in [4.78, 5) is 4.23. The molecule has 0 aliphatic carbocycles. The molecule has 21 heavy (non-hydrogen) atoms. The van der Waals surface area contributed by atoms with Crippen LogP contribution in [0.1, 0.15) is 31.0 Å². The molecule has 0 aliphatic heterocycles. The zero-order valence-electron chi connectivity index (χ0n) is 11.0. The number of halogens is 6. The van der Waals surface area contributed by atoms with Crippen molar-refractivity contribution >= 4 is 34.2 Å². The van der Waals surface area contributed by atoms with E-state index >= 15 is 0 Å². The maximum Gasteiger partial charge on any atom is 0.389 e. The van der Waals surface area contributed by atoms with Gasteiger partial charge in [0.05, 0.1) is 21.4 Å². The quantitative estimate of drug-likeness (QED) is 0.532. The molecule has 1 aromatic heterocycles. The van der Waals surface area contributed by atoms with Crippen LogP contribution in [-0.4, -0.2) is 15.7 Å². The zero-order valence-corrected chi connectivity index (χ0v) is 12.5. The normalized spacial score (nSPS) is 13.9. The summed E-state index contributed by atoms with van der Waals surface area (Å²) in [5.74, 6) is -0.245. The first-order valence-electron chi connectivity index (χ1n) is 6.25. The number of fused-ring (bicyclic) bond motifs is 1. The number of rotatable bonds is 4. The standard InChI is InChI=1S/C13H12Cl2F4N2/c1-7(14)12-20-10-5-8(15)9(16)6-11(10)21(12)4-2-3-13(17,18)19/h5-7H,2-4H2,1H3. The molecule has 0 spiro atoms. The van der Waals surface area contributed by atoms with Crippen molar-refractivity contribution in [2.75, 3.05) is 0 Å². The summed E-state index contributed by atoms with van der Waals surface area (Å²) in [6.07, 6.45) is -5.27. The van der Waals surface area contributed by atoms with Crippen LogP contribution in [-0.2, 0) is 6.54 Å². The van der Waals surface area contributed by atoms with Crippen molar-refractivity contribution < 1.29 is 17.6 Å². The predicted octanol–water partition coefficient (Wildman–Crippen LogP) is 5.47. The first kappa shape index (κ1) is 16.4. The number of hydrogen-bond acceptors (Lipinski definition) is 1. The third kappa shape index (κ3) is 3.80. The van der Waals surface area contributed by atoms with Crippen molar-refractivity contribution in [3.05, 3.63) is 28.8 Å².